The lowest BCUT2D eigenvalue weighted by Gasteiger charge is -2.10. The lowest BCUT2D eigenvalue weighted by atomic mass is 10.2. The predicted molar refractivity (Wildman–Crippen MR) is 95.0 cm³/mol. The Balaban J connectivity index is 1.49. The quantitative estimate of drug-likeness (QED) is 0.656. The zero-order valence-electron chi connectivity index (χ0n) is 13.4. The molecule has 1 aromatic heterocycles. The van der Waals surface area contributed by atoms with Gasteiger partial charge in [0, 0.05) is 24.3 Å². The molecular formula is C18H17NO5S. The van der Waals surface area contributed by atoms with Crippen LogP contribution in [0.1, 0.15) is 12.0 Å². The average molecular weight is 359 g/mol. The summed E-state index contributed by atoms with van der Waals surface area (Å²) in [5, 5.41) is 6.48. The summed E-state index contributed by atoms with van der Waals surface area (Å²) in [6.45, 7) is 0.813. The van der Waals surface area contributed by atoms with Crippen molar-refractivity contribution in [3.8, 4) is 11.5 Å². The maximum absolute atomic E-state index is 11.9. The molecule has 0 unspecified atom stereocenters. The van der Waals surface area contributed by atoms with Crippen LogP contribution in [0.4, 0.5) is 5.69 Å². The summed E-state index contributed by atoms with van der Waals surface area (Å²) >= 11 is 1.54. The number of hydrogen-bond acceptors (Lipinski definition) is 6. The molecule has 0 radical (unpaired) electrons. The summed E-state index contributed by atoms with van der Waals surface area (Å²) in [6, 6.07) is 7.03. The Bertz CT molecular complexity index is 770. The maximum Gasteiger partial charge on any atom is 0.331 e. The normalized spacial score (nSPS) is 13.3. The number of thiophene rings is 1. The molecule has 1 aliphatic rings. The van der Waals surface area contributed by atoms with Crippen molar-refractivity contribution >= 4 is 35.0 Å². The van der Waals surface area contributed by atoms with Crippen LogP contribution in [0.15, 0.2) is 41.1 Å². The van der Waals surface area contributed by atoms with Crippen LogP contribution in [0.5, 0.6) is 11.5 Å². The third kappa shape index (κ3) is 5.09. The third-order valence-electron chi connectivity index (χ3n) is 3.33. The molecule has 2 aromatic rings. The van der Waals surface area contributed by atoms with Gasteiger partial charge < -0.3 is 19.5 Å². The molecule has 3 rings (SSSR count). The number of benzene rings is 1. The smallest absolute Gasteiger partial charge is 0.331 e. The van der Waals surface area contributed by atoms with E-state index in [0.29, 0.717) is 30.4 Å². The number of anilines is 1. The number of carbonyl (C=O) groups excluding carboxylic acids is 2. The van der Waals surface area contributed by atoms with E-state index < -0.39 is 11.9 Å². The van der Waals surface area contributed by atoms with Crippen LogP contribution in [-0.2, 0) is 14.3 Å². The lowest BCUT2D eigenvalue weighted by molar-refractivity contribution is -0.142. The van der Waals surface area contributed by atoms with Gasteiger partial charge in [0.25, 0.3) is 5.91 Å². The molecule has 7 heteroatoms. The van der Waals surface area contributed by atoms with E-state index in [2.05, 4.69) is 5.32 Å². The Morgan fingerprint density at radius 1 is 1.20 bits per heavy atom. The zero-order valence-corrected chi connectivity index (χ0v) is 14.2. The van der Waals surface area contributed by atoms with Crippen molar-refractivity contribution in [3.63, 3.8) is 0 Å². The minimum absolute atomic E-state index is 0.360. The SMILES string of the molecule is O=C(COC(=O)/C=C/c1ccsc1)Nc1ccc2c(c1)OCCCO2. The maximum atomic E-state index is 11.9. The number of esters is 1. The van der Waals surface area contributed by atoms with Gasteiger partial charge in [-0.3, -0.25) is 4.79 Å². The zero-order chi connectivity index (χ0) is 17.5. The number of ether oxygens (including phenoxy) is 3. The van der Waals surface area contributed by atoms with Crippen molar-refractivity contribution in [1.82, 2.24) is 0 Å². The second-order valence-corrected chi connectivity index (χ2v) is 6.04. The van der Waals surface area contributed by atoms with Crippen LogP contribution >= 0.6 is 11.3 Å². The molecule has 2 heterocycles. The Morgan fingerprint density at radius 3 is 2.84 bits per heavy atom. The van der Waals surface area contributed by atoms with E-state index in [1.54, 1.807) is 24.3 Å². The molecule has 0 fully saturated rings. The molecule has 0 atom stereocenters. The van der Waals surface area contributed by atoms with Crippen LogP contribution in [-0.4, -0.2) is 31.7 Å². The Morgan fingerprint density at radius 2 is 2.04 bits per heavy atom. The monoisotopic (exact) mass is 359 g/mol. The van der Waals surface area contributed by atoms with E-state index in [-0.39, 0.29) is 6.61 Å². The summed E-state index contributed by atoms with van der Waals surface area (Å²) in [5.41, 5.74) is 1.47. The number of rotatable bonds is 5. The molecule has 130 valence electrons. The minimum Gasteiger partial charge on any atom is -0.490 e. The molecule has 0 bridgehead atoms. The van der Waals surface area contributed by atoms with Crippen molar-refractivity contribution in [2.24, 2.45) is 0 Å². The van der Waals surface area contributed by atoms with Crippen molar-refractivity contribution in [1.29, 1.82) is 0 Å². The summed E-state index contributed by atoms with van der Waals surface area (Å²) in [5.74, 6) is 0.248. The van der Waals surface area contributed by atoms with Gasteiger partial charge >= 0.3 is 5.97 Å². The van der Waals surface area contributed by atoms with Crippen LogP contribution < -0.4 is 14.8 Å². The van der Waals surface area contributed by atoms with Crippen molar-refractivity contribution in [2.45, 2.75) is 6.42 Å². The third-order valence-corrected chi connectivity index (χ3v) is 4.03. The Hall–Kier alpha value is -2.80. The molecule has 0 spiro atoms. The first-order chi connectivity index (χ1) is 12.2. The van der Waals surface area contributed by atoms with E-state index in [4.69, 9.17) is 14.2 Å². The van der Waals surface area contributed by atoms with Crippen molar-refractivity contribution in [2.75, 3.05) is 25.1 Å². The predicted octanol–water partition coefficient (Wildman–Crippen LogP) is 3.10. The average Bonchev–Trinajstić information content (AvgIpc) is 3.02. The fourth-order valence-electron chi connectivity index (χ4n) is 2.16. The van der Waals surface area contributed by atoms with Gasteiger partial charge in [-0.2, -0.15) is 11.3 Å². The number of hydrogen-bond donors (Lipinski definition) is 1. The van der Waals surface area contributed by atoms with E-state index in [9.17, 15) is 9.59 Å². The highest BCUT2D eigenvalue weighted by atomic mass is 32.1. The van der Waals surface area contributed by atoms with E-state index >= 15 is 0 Å². The first kappa shape index (κ1) is 17.0. The molecule has 0 saturated heterocycles. The number of fused-ring (bicyclic) bond motifs is 1. The summed E-state index contributed by atoms with van der Waals surface area (Å²) in [7, 11) is 0. The molecule has 0 aliphatic carbocycles. The van der Waals surface area contributed by atoms with Crippen LogP contribution in [0, 0.1) is 0 Å². The first-order valence-corrected chi connectivity index (χ1v) is 8.71. The molecule has 1 aromatic carbocycles. The van der Waals surface area contributed by atoms with Gasteiger partial charge in [-0.25, -0.2) is 4.79 Å². The van der Waals surface area contributed by atoms with E-state index in [1.807, 2.05) is 16.8 Å². The van der Waals surface area contributed by atoms with Crippen LogP contribution in [0.3, 0.4) is 0 Å². The topological polar surface area (TPSA) is 73.9 Å². The molecule has 1 N–H and O–H groups in total. The fraction of sp³-hybridized carbons (Fsp3) is 0.222. The van der Waals surface area contributed by atoms with Gasteiger partial charge in [0.15, 0.2) is 18.1 Å². The molecule has 1 amide bonds. The van der Waals surface area contributed by atoms with Gasteiger partial charge in [0.1, 0.15) is 0 Å². The van der Waals surface area contributed by atoms with Gasteiger partial charge in [-0.15, -0.1) is 0 Å². The summed E-state index contributed by atoms with van der Waals surface area (Å²) in [4.78, 5) is 23.5. The minimum atomic E-state index is -0.569. The van der Waals surface area contributed by atoms with Gasteiger partial charge in [-0.05, 0) is 40.6 Å². The summed E-state index contributed by atoms with van der Waals surface area (Å²) in [6.07, 6.45) is 3.74. The van der Waals surface area contributed by atoms with Crippen molar-refractivity contribution < 1.29 is 23.8 Å². The lowest BCUT2D eigenvalue weighted by Crippen LogP contribution is -2.20. The molecule has 25 heavy (non-hydrogen) atoms. The second kappa shape index (κ2) is 8.34. The van der Waals surface area contributed by atoms with Crippen molar-refractivity contribution in [3.05, 3.63) is 46.7 Å². The Labute approximate surface area is 149 Å². The van der Waals surface area contributed by atoms with Gasteiger partial charge in [0.2, 0.25) is 0 Å². The number of carbonyl (C=O) groups is 2. The highest BCUT2D eigenvalue weighted by molar-refractivity contribution is 7.08. The first-order valence-electron chi connectivity index (χ1n) is 7.77. The molecule has 6 nitrogen and oxygen atoms in total. The van der Waals surface area contributed by atoms with E-state index in [1.165, 1.54) is 17.4 Å². The van der Waals surface area contributed by atoms with Gasteiger partial charge in [-0.1, -0.05) is 0 Å². The number of nitrogens with one attached hydrogen (secondary N) is 1. The second-order valence-electron chi connectivity index (χ2n) is 5.26. The molecule has 1 aliphatic heterocycles. The standard InChI is InChI=1S/C18H17NO5S/c20-17(11-24-18(21)5-2-13-6-9-25-12-13)19-14-3-4-15-16(10-14)23-8-1-7-22-15/h2-6,9-10,12H,1,7-8,11H2,(H,19,20)/b5-2+. The summed E-state index contributed by atoms with van der Waals surface area (Å²) < 4.78 is 16.0. The Kier molecular flexibility index (Phi) is 5.69. The molecular weight excluding hydrogens is 342 g/mol. The van der Waals surface area contributed by atoms with Crippen LogP contribution in [0.2, 0.25) is 0 Å². The largest absolute Gasteiger partial charge is 0.490 e. The fourth-order valence-corrected chi connectivity index (χ4v) is 2.79. The van der Waals surface area contributed by atoms with Gasteiger partial charge in [0.05, 0.1) is 13.2 Å². The highest BCUT2D eigenvalue weighted by Crippen LogP contribution is 2.32. The van der Waals surface area contributed by atoms with E-state index in [0.717, 1.165) is 12.0 Å². The number of amides is 1. The highest BCUT2D eigenvalue weighted by Gasteiger charge is 2.12. The van der Waals surface area contributed by atoms with Crippen LogP contribution in [0.25, 0.3) is 6.08 Å². The molecule has 0 saturated carbocycles.